The normalized spacial score (nSPS) is 11.6. The average Bonchev–Trinajstić information content (AvgIpc) is 2.31. The van der Waals surface area contributed by atoms with Crippen molar-refractivity contribution in [3.05, 3.63) is 29.6 Å². The van der Waals surface area contributed by atoms with Crippen molar-refractivity contribution < 1.29 is 13.9 Å². The molecule has 1 aromatic carbocycles. The lowest BCUT2D eigenvalue weighted by Gasteiger charge is -2.10. The van der Waals surface area contributed by atoms with Crippen molar-refractivity contribution in [2.45, 2.75) is 23.5 Å². The standard InChI is InChI=1S/C12H12FNO2S/c1-8(5-12(15)16-2)17-11-4-3-10(13)6-9(11)7-14/h3-4,6,8H,5H2,1-2H3. The van der Waals surface area contributed by atoms with E-state index < -0.39 is 5.82 Å². The summed E-state index contributed by atoms with van der Waals surface area (Å²) < 4.78 is 17.5. The van der Waals surface area contributed by atoms with E-state index >= 15 is 0 Å². The van der Waals surface area contributed by atoms with Gasteiger partial charge in [0.25, 0.3) is 0 Å². The Hall–Kier alpha value is -1.54. The summed E-state index contributed by atoms with van der Waals surface area (Å²) in [7, 11) is 1.33. The van der Waals surface area contributed by atoms with Crippen LogP contribution in [0.15, 0.2) is 23.1 Å². The van der Waals surface area contributed by atoms with Crippen molar-refractivity contribution in [1.82, 2.24) is 0 Å². The van der Waals surface area contributed by atoms with Gasteiger partial charge < -0.3 is 4.74 Å². The molecule has 0 aliphatic carbocycles. The molecule has 17 heavy (non-hydrogen) atoms. The summed E-state index contributed by atoms with van der Waals surface area (Å²) in [6.07, 6.45) is 0.253. The second-order valence-electron chi connectivity index (χ2n) is 3.46. The summed E-state index contributed by atoms with van der Waals surface area (Å²) in [5, 5.41) is 8.83. The number of nitriles is 1. The van der Waals surface area contributed by atoms with E-state index in [1.54, 1.807) is 6.07 Å². The molecule has 0 N–H and O–H groups in total. The molecule has 1 rings (SSSR count). The zero-order chi connectivity index (χ0) is 12.8. The van der Waals surface area contributed by atoms with Crippen LogP contribution in [0.4, 0.5) is 4.39 Å². The van der Waals surface area contributed by atoms with Gasteiger partial charge in [0.15, 0.2) is 0 Å². The second-order valence-corrected chi connectivity index (χ2v) is 4.94. The van der Waals surface area contributed by atoms with E-state index in [0.29, 0.717) is 4.90 Å². The van der Waals surface area contributed by atoms with Crippen LogP contribution in [-0.4, -0.2) is 18.3 Å². The van der Waals surface area contributed by atoms with E-state index in [1.165, 1.54) is 31.0 Å². The first-order chi connectivity index (χ1) is 8.06. The van der Waals surface area contributed by atoms with Crippen LogP contribution in [0.3, 0.4) is 0 Å². The number of nitrogens with zero attached hydrogens (tertiary/aromatic N) is 1. The van der Waals surface area contributed by atoms with Gasteiger partial charge in [-0.3, -0.25) is 4.79 Å². The Kier molecular flexibility index (Phi) is 4.98. The summed E-state index contributed by atoms with van der Waals surface area (Å²) in [4.78, 5) is 11.7. The molecule has 0 saturated heterocycles. The number of carbonyl (C=O) groups is 1. The fourth-order valence-electron chi connectivity index (χ4n) is 1.27. The number of halogens is 1. The minimum atomic E-state index is -0.438. The molecule has 1 atom stereocenters. The summed E-state index contributed by atoms with van der Waals surface area (Å²) in [6, 6.07) is 5.97. The Balaban J connectivity index is 2.75. The maximum atomic E-state index is 12.9. The Morgan fingerprint density at radius 3 is 2.94 bits per heavy atom. The van der Waals surface area contributed by atoms with E-state index in [9.17, 15) is 9.18 Å². The number of carbonyl (C=O) groups excluding carboxylic acids is 1. The molecule has 0 spiro atoms. The van der Waals surface area contributed by atoms with Gasteiger partial charge in [-0.15, -0.1) is 11.8 Å². The van der Waals surface area contributed by atoms with Crippen LogP contribution >= 0.6 is 11.8 Å². The number of thioether (sulfide) groups is 1. The predicted octanol–water partition coefficient (Wildman–Crippen LogP) is 2.74. The lowest BCUT2D eigenvalue weighted by atomic mass is 10.2. The summed E-state index contributed by atoms with van der Waals surface area (Å²) >= 11 is 1.36. The summed E-state index contributed by atoms with van der Waals surface area (Å²) in [5.41, 5.74) is 0.284. The van der Waals surface area contributed by atoms with Crippen molar-refractivity contribution in [3.8, 4) is 6.07 Å². The number of methoxy groups -OCH3 is 1. The smallest absolute Gasteiger partial charge is 0.306 e. The van der Waals surface area contributed by atoms with Gasteiger partial charge in [-0.05, 0) is 18.2 Å². The first kappa shape index (κ1) is 13.5. The Morgan fingerprint density at radius 1 is 1.65 bits per heavy atom. The highest BCUT2D eigenvalue weighted by Crippen LogP contribution is 2.28. The van der Waals surface area contributed by atoms with Crippen molar-refractivity contribution in [1.29, 1.82) is 5.26 Å². The zero-order valence-corrected chi connectivity index (χ0v) is 10.4. The van der Waals surface area contributed by atoms with Crippen LogP contribution in [0.25, 0.3) is 0 Å². The molecule has 5 heteroatoms. The fraction of sp³-hybridized carbons (Fsp3) is 0.333. The number of ether oxygens (including phenoxy) is 1. The molecule has 90 valence electrons. The van der Waals surface area contributed by atoms with Crippen LogP contribution in [0.2, 0.25) is 0 Å². The van der Waals surface area contributed by atoms with E-state index in [1.807, 2.05) is 13.0 Å². The molecule has 3 nitrogen and oxygen atoms in total. The summed E-state index contributed by atoms with van der Waals surface area (Å²) in [6.45, 7) is 1.85. The molecule has 1 aromatic rings. The molecule has 0 radical (unpaired) electrons. The highest BCUT2D eigenvalue weighted by atomic mass is 32.2. The first-order valence-electron chi connectivity index (χ1n) is 5.00. The van der Waals surface area contributed by atoms with E-state index in [0.717, 1.165) is 0 Å². The fourth-order valence-corrected chi connectivity index (χ4v) is 2.30. The van der Waals surface area contributed by atoms with Crippen molar-refractivity contribution >= 4 is 17.7 Å². The van der Waals surface area contributed by atoms with Crippen LogP contribution in [0.1, 0.15) is 18.9 Å². The molecular weight excluding hydrogens is 241 g/mol. The minimum absolute atomic E-state index is 0.0278. The highest BCUT2D eigenvalue weighted by molar-refractivity contribution is 8.00. The molecule has 0 aromatic heterocycles. The predicted molar refractivity (Wildman–Crippen MR) is 63.1 cm³/mol. The maximum Gasteiger partial charge on any atom is 0.306 e. The van der Waals surface area contributed by atoms with Gasteiger partial charge in [0.1, 0.15) is 11.9 Å². The SMILES string of the molecule is COC(=O)CC(C)Sc1ccc(F)cc1C#N. The van der Waals surface area contributed by atoms with Crippen molar-refractivity contribution in [2.24, 2.45) is 0 Å². The number of hydrogen-bond donors (Lipinski definition) is 0. The number of hydrogen-bond acceptors (Lipinski definition) is 4. The van der Waals surface area contributed by atoms with Crippen LogP contribution in [0, 0.1) is 17.1 Å². The third-order valence-corrected chi connectivity index (χ3v) is 3.25. The van der Waals surface area contributed by atoms with Gasteiger partial charge in [-0.25, -0.2) is 4.39 Å². The van der Waals surface area contributed by atoms with Crippen molar-refractivity contribution in [3.63, 3.8) is 0 Å². The van der Waals surface area contributed by atoms with Gasteiger partial charge in [-0.2, -0.15) is 5.26 Å². The van der Waals surface area contributed by atoms with E-state index in [-0.39, 0.29) is 23.2 Å². The highest BCUT2D eigenvalue weighted by Gasteiger charge is 2.13. The van der Waals surface area contributed by atoms with Gasteiger partial charge >= 0.3 is 5.97 Å². The Labute approximate surface area is 104 Å². The maximum absolute atomic E-state index is 12.9. The van der Waals surface area contributed by atoms with E-state index in [4.69, 9.17) is 5.26 Å². The summed E-state index contributed by atoms with van der Waals surface area (Å²) in [5.74, 6) is -0.739. The quantitative estimate of drug-likeness (QED) is 0.611. The Morgan fingerprint density at radius 2 is 2.35 bits per heavy atom. The van der Waals surface area contributed by atoms with Gasteiger partial charge in [0.2, 0.25) is 0 Å². The van der Waals surface area contributed by atoms with Crippen LogP contribution in [0.5, 0.6) is 0 Å². The molecule has 0 aliphatic heterocycles. The van der Waals surface area contributed by atoms with Crippen LogP contribution in [-0.2, 0) is 9.53 Å². The third kappa shape index (κ3) is 4.08. The molecule has 0 heterocycles. The number of esters is 1. The Bertz CT molecular complexity index is 456. The largest absolute Gasteiger partial charge is 0.469 e. The average molecular weight is 253 g/mol. The molecule has 0 aliphatic rings. The molecular formula is C12H12FNO2S. The number of benzene rings is 1. The van der Waals surface area contributed by atoms with Gasteiger partial charge in [-0.1, -0.05) is 6.92 Å². The molecule has 1 unspecified atom stereocenters. The molecule has 0 bridgehead atoms. The van der Waals surface area contributed by atoms with Crippen LogP contribution < -0.4 is 0 Å². The topological polar surface area (TPSA) is 50.1 Å². The molecule has 0 fully saturated rings. The van der Waals surface area contributed by atoms with Gasteiger partial charge in [0.05, 0.1) is 19.1 Å². The number of rotatable bonds is 4. The van der Waals surface area contributed by atoms with E-state index in [2.05, 4.69) is 4.74 Å². The first-order valence-corrected chi connectivity index (χ1v) is 5.88. The lowest BCUT2D eigenvalue weighted by molar-refractivity contribution is -0.140. The van der Waals surface area contributed by atoms with Gasteiger partial charge in [0, 0.05) is 10.1 Å². The van der Waals surface area contributed by atoms with Crippen molar-refractivity contribution in [2.75, 3.05) is 7.11 Å². The second kappa shape index (κ2) is 6.26. The lowest BCUT2D eigenvalue weighted by Crippen LogP contribution is -2.08. The monoisotopic (exact) mass is 253 g/mol. The zero-order valence-electron chi connectivity index (χ0n) is 9.57. The minimum Gasteiger partial charge on any atom is -0.469 e. The molecule has 0 saturated carbocycles. The molecule has 0 amide bonds. The third-order valence-electron chi connectivity index (χ3n) is 2.07.